The van der Waals surface area contributed by atoms with Crippen molar-refractivity contribution in [2.75, 3.05) is 5.73 Å². The number of hydroxylamine groups is 2. The van der Waals surface area contributed by atoms with E-state index in [-0.39, 0.29) is 16.6 Å². The number of nitrogens with two attached hydrogens (primary N) is 1. The van der Waals surface area contributed by atoms with Crippen molar-refractivity contribution in [3.05, 3.63) is 34.0 Å². The fraction of sp³-hybridized carbons (Fsp3) is 0.444. The van der Waals surface area contributed by atoms with E-state index >= 15 is 0 Å². The van der Waals surface area contributed by atoms with Crippen molar-refractivity contribution in [2.24, 2.45) is 11.1 Å². The smallest absolute Gasteiger partial charge is 0.418 e. The van der Waals surface area contributed by atoms with Gasteiger partial charge in [-0.3, -0.25) is 18.9 Å². The number of β-lactam (4-membered cyclic amide) rings is 1. The third-order valence-electron chi connectivity index (χ3n) is 5.18. The maximum atomic E-state index is 13.1. The number of anilines is 1. The van der Waals surface area contributed by atoms with Gasteiger partial charge in [-0.15, -0.1) is 4.28 Å². The molecule has 0 unspecified atom stereocenters. The molecule has 0 spiro atoms. The molecule has 6 N–H and O–H groups in total. The van der Waals surface area contributed by atoms with Crippen LogP contribution in [0.2, 0.25) is 0 Å². The Morgan fingerprint density at radius 2 is 2.00 bits per heavy atom. The van der Waals surface area contributed by atoms with Gasteiger partial charge >= 0.3 is 10.4 Å². The third-order valence-corrected chi connectivity index (χ3v) is 6.06. The molecule has 0 aliphatic carbocycles. The summed E-state index contributed by atoms with van der Waals surface area (Å²) in [6.07, 6.45) is -0.348. The number of aromatic nitrogens is 3. The summed E-state index contributed by atoms with van der Waals surface area (Å²) < 4.78 is 39.5. The molecule has 2 aromatic heterocycles. The zero-order valence-corrected chi connectivity index (χ0v) is 21.3. The number of carbonyl (C=O) groups excluding carboxylic acids is 2. The highest BCUT2D eigenvalue weighted by atomic mass is 32.3. The summed E-state index contributed by atoms with van der Waals surface area (Å²) in [7, 11) is -5.00. The van der Waals surface area contributed by atoms with Crippen LogP contribution in [0.25, 0.3) is 0 Å². The highest BCUT2D eigenvalue weighted by Gasteiger charge is 2.58. The van der Waals surface area contributed by atoms with E-state index in [9.17, 15) is 33.1 Å². The number of aromatic hydroxyl groups is 1. The molecule has 37 heavy (non-hydrogen) atoms. The van der Waals surface area contributed by atoms with Crippen LogP contribution in [0.1, 0.15) is 45.3 Å². The largest absolute Gasteiger partial charge is 0.503 e. The molecule has 17 nitrogen and oxygen atoms in total. The molecular formula is C18H23N7O10S2. The van der Waals surface area contributed by atoms with Gasteiger partial charge in [-0.05, 0) is 19.8 Å². The number of nitrogens with zero attached hydrogens (tertiary/aromatic N) is 5. The Hall–Kier alpha value is -3.81. The van der Waals surface area contributed by atoms with Gasteiger partial charge in [-0.2, -0.15) is 27.6 Å². The minimum Gasteiger partial charge on any atom is -0.503 e. The molecule has 0 radical (unpaired) electrons. The van der Waals surface area contributed by atoms with Crippen LogP contribution in [0.4, 0.5) is 5.13 Å². The quantitative estimate of drug-likeness (QED) is 0.0826. The van der Waals surface area contributed by atoms with Gasteiger partial charge in [0.1, 0.15) is 11.7 Å². The normalized spacial score (nSPS) is 18.4. The van der Waals surface area contributed by atoms with Crippen LogP contribution in [0.5, 0.6) is 5.75 Å². The lowest BCUT2D eigenvalue weighted by Gasteiger charge is -2.50. The van der Waals surface area contributed by atoms with Crippen molar-refractivity contribution in [1.82, 2.24) is 24.5 Å². The molecular weight excluding hydrogens is 538 g/mol. The first-order valence-electron chi connectivity index (χ1n) is 10.3. The number of nitrogen functional groups attached to an aromatic ring is 1. The molecule has 2 atom stereocenters. The zero-order chi connectivity index (χ0) is 27.9. The number of amides is 2. The lowest BCUT2D eigenvalue weighted by molar-refractivity contribution is -0.218. The summed E-state index contributed by atoms with van der Waals surface area (Å²) >= 11 is 0.736. The van der Waals surface area contributed by atoms with Gasteiger partial charge in [0.2, 0.25) is 17.0 Å². The number of nitrogens with one attached hydrogen (secondary N) is 1. The SMILES string of the molecule is CC(C)[C@@H](O/N=C(\C(=O)N[C@@H]1C(=O)N(OS(=O)(=O)O)C1(C)C)c1nsc(N)n1)c1cc(=O)c(O)cn1O. The fourth-order valence-corrected chi connectivity index (χ4v) is 4.19. The van der Waals surface area contributed by atoms with Crippen molar-refractivity contribution < 1.29 is 42.0 Å². The van der Waals surface area contributed by atoms with Gasteiger partial charge in [0, 0.05) is 17.6 Å². The average molecular weight is 562 g/mol. The van der Waals surface area contributed by atoms with E-state index in [1.54, 1.807) is 13.8 Å². The second-order valence-corrected chi connectivity index (χ2v) is 10.4. The van der Waals surface area contributed by atoms with E-state index in [2.05, 4.69) is 24.1 Å². The maximum Gasteiger partial charge on any atom is 0.418 e. The number of pyridine rings is 1. The van der Waals surface area contributed by atoms with Gasteiger partial charge in [-0.25, -0.2) is 0 Å². The van der Waals surface area contributed by atoms with Gasteiger partial charge in [0.25, 0.3) is 11.8 Å². The van der Waals surface area contributed by atoms with E-state index in [1.807, 2.05) is 0 Å². The second kappa shape index (κ2) is 9.92. The van der Waals surface area contributed by atoms with Gasteiger partial charge < -0.3 is 26.2 Å². The standard InChI is InChI=1S/C18H23N7O10S2/c1-7(2)12(8-5-9(26)10(27)6-24(8)30)34-22-11(14-21-17(19)36-23-14)15(28)20-13-16(29)25(18(13,3)4)35-37(31,32)33/h5-7,12-13,27,30H,1-4H3,(H,20,28)(H2,19,21,23)(H,31,32,33)/b22-11-/t12-,13-/m1/s1. The van der Waals surface area contributed by atoms with Crippen molar-refractivity contribution in [1.29, 1.82) is 0 Å². The summed E-state index contributed by atoms with van der Waals surface area (Å²) in [5.74, 6) is -3.42. The van der Waals surface area contributed by atoms with Crippen molar-refractivity contribution in [3.8, 4) is 5.75 Å². The molecule has 0 aromatic carbocycles. The Labute approximate surface area is 213 Å². The van der Waals surface area contributed by atoms with E-state index in [0.717, 1.165) is 23.8 Å². The van der Waals surface area contributed by atoms with Gasteiger partial charge in [0.15, 0.2) is 17.0 Å². The number of oxime groups is 1. The molecule has 0 bridgehead atoms. The molecule has 1 aliphatic heterocycles. The van der Waals surface area contributed by atoms with Crippen LogP contribution in [0.3, 0.4) is 0 Å². The van der Waals surface area contributed by atoms with Crippen LogP contribution >= 0.6 is 11.5 Å². The second-order valence-electron chi connectivity index (χ2n) is 8.65. The predicted molar refractivity (Wildman–Crippen MR) is 125 cm³/mol. The number of hydrogen-bond acceptors (Lipinski definition) is 14. The van der Waals surface area contributed by atoms with E-state index in [1.165, 1.54) is 13.8 Å². The van der Waals surface area contributed by atoms with Crippen molar-refractivity contribution in [2.45, 2.75) is 45.4 Å². The Kier molecular flexibility index (Phi) is 7.44. The zero-order valence-electron chi connectivity index (χ0n) is 19.7. The molecule has 2 amide bonds. The first kappa shape index (κ1) is 27.8. The summed E-state index contributed by atoms with van der Waals surface area (Å²) in [4.78, 5) is 46.8. The van der Waals surface area contributed by atoms with Crippen molar-refractivity contribution >= 4 is 44.6 Å². The highest BCUT2D eigenvalue weighted by molar-refractivity contribution is 7.80. The van der Waals surface area contributed by atoms with Crippen LogP contribution in [0.15, 0.2) is 22.2 Å². The molecule has 2 aromatic rings. The molecule has 3 heterocycles. The van der Waals surface area contributed by atoms with Crippen molar-refractivity contribution in [3.63, 3.8) is 0 Å². The van der Waals surface area contributed by atoms with Crippen LogP contribution in [-0.2, 0) is 29.1 Å². The first-order valence-corrected chi connectivity index (χ1v) is 12.5. The van der Waals surface area contributed by atoms with Gasteiger partial charge in [0.05, 0.1) is 11.7 Å². The highest BCUT2D eigenvalue weighted by Crippen LogP contribution is 2.33. The lowest BCUT2D eigenvalue weighted by Crippen LogP contribution is -2.76. The Bertz CT molecular complexity index is 1420. The average Bonchev–Trinajstić information content (AvgIpc) is 3.21. The van der Waals surface area contributed by atoms with Crippen LogP contribution < -0.4 is 16.5 Å². The summed E-state index contributed by atoms with van der Waals surface area (Å²) in [6, 6.07) is -0.392. The molecule has 3 rings (SSSR count). The number of carbonyl (C=O) groups is 2. The third kappa shape index (κ3) is 5.79. The summed E-state index contributed by atoms with van der Waals surface area (Å²) in [6.45, 7) is 6.04. The lowest BCUT2D eigenvalue weighted by atomic mass is 9.84. The first-order chi connectivity index (χ1) is 17.0. The Morgan fingerprint density at radius 3 is 2.51 bits per heavy atom. The van der Waals surface area contributed by atoms with E-state index < -0.39 is 62.7 Å². The Morgan fingerprint density at radius 1 is 1.35 bits per heavy atom. The minimum atomic E-state index is -5.00. The molecule has 1 aliphatic rings. The molecule has 0 saturated carbocycles. The number of rotatable bonds is 9. The maximum absolute atomic E-state index is 13.1. The van der Waals surface area contributed by atoms with Crippen LogP contribution in [-0.4, -0.2) is 71.5 Å². The topological polar surface area (TPSA) is 249 Å². The monoisotopic (exact) mass is 561 g/mol. The van der Waals surface area contributed by atoms with Crippen LogP contribution in [0, 0.1) is 5.92 Å². The fourth-order valence-electron chi connectivity index (χ4n) is 3.30. The molecule has 1 saturated heterocycles. The number of hydrogen-bond donors (Lipinski definition) is 5. The minimum absolute atomic E-state index is 0.0218. The molecule has 19 heteroatoms. The van der Waals surface area contributed by atoms with E-state index in [4.69, 9.17) is 15.1 Å². The predicted octanol–water partition coefficient (Wildman–Crippen LogP) is -0.817. The molecule has 202 valence electrons. The summed E-state index contributed by atoms with van der Waals surface area (Å²) in [5.41, 5.74) is 2.76. The molecule has 1 fully saturated rings. The summed E-state index contributed by atoms with van der Waals surface area (Å²) in [5, 5.41) is 26.2. The van der Waals surface area contributed by atoms with E-state index in [0.29, 0.717) is 9.79 Å². The van der Waals surface area contributed by atoms with Gasteiger partial charge in [-0.1, -0.05) is 19.0 Å². The Balaban J connectivity index is 1.92.